The molecular weight excluding hydrogens is 463 g/mol. The molecule has 0 saturated heterocycles. The van der Waals surface area contributed by atoms with E-state index in [-0.39, 0.29) is 5.78 Å². The number of benzene rings is 5. The fourth-order valence-electron chi connectivity index (χ4n) is 4.48. The predicted molar refractivity (Wildman–Crippen MR) is 148 cm³/mol. The van der Waals surface area contributed by atoms with Crippen molar-refractivity contribution in [1.29, 1.82) is 0 Å². The molecule has 0 fully saturated rings. The fraction of sp³-hybridized carbons (Fsp3) is 0.0312. The van der Waals surface area contributed by atoms with Crippen molar-refractivity contribution in [3.63, 3.8) is 0 Å². The molecule has 36 heavy (non-hydrogen) atoms. The van der Waals surface area contributed by atoms with E-state index in [0.29, 0.717) is 17.1 Å². The average Bonchev–Trinajstić information content (AvgIpc) is 2.94. The highest BCUT2D eigenvalue weighted by Gasteiger charge is 2.36. The zero-order valence-corrected chi connectivity index (χ0v) is 20.3. The predicted octanol–water partition coefficient (Wildman–Crippen LogP) is 8.35. The van der Waals surface area contributed by atoms with Gasteiger partial charge in [0.05, 0.1) is 0 Å². The third-order valence-electron chi connectivity index (χ3n) is 6.28. The molecule has 0 amide bonds. The molecule has 0 spiro atoms. The summed E-state index contributed by atoms with van der Waals surface area (Å²) in [6.07, 6.45) is 5.71. The number of carbonyl (C=O) groups excluding carboxylic acids is 1. The van der Waals surface area contributed by atoms with Crippen LogP contribution >= 0.6 is 8.38 Å². The van der Waals surface area contributed by atoms with Crippen molar-refractivity contribution in [2.24, 2.45) is 0 Å². The van der Waals surface area contributed by atoms with Gasteiger partial charge in [0.1, 0.15) is 17.2 Å². The minimum atomic E-state index is -1.71. The van der Waals surface area contributed by atoms with Crippen LogP contribution in [0.2, 0.25) is 0 Å². The first kappa shape index (κ1) is 22.3. The van der Waals surface area contributed by atoms with Gasteiger partial charge >= 0.3 is 8.38 Å². The lowest BCUT2D eigenvalue weighted by Crippen LogP contribution is -2.24. The van der Waals surface area contributed by atoms with Gasteiger partial charge in [0.2, 0.25) is 0 Å². The SMILES string of the molecule is O=C1C(c2ccccc2)=CC=CC1P(Oc1cccc2ccccc12)Oc1cccc2ccccc12. The number of carbonyl (C=O) groups is 1. The Balaban J connectivity index is 1.42. The summed E-state index contributed by atoms with van der Waals surface area (Å²) in [4.78, 5) is 13.8. The molecule has 174 valence electrons. The molecule has 1 aliphatic carbocycles. The van der Waals surface area contributed by atoms with Gasteiger partial charge < -0.3 is 9.05 Å². The number of rotatable bonds is 6. The smallest absolute Gasteiger partial charge is 0.306 e. The van der Waals surface area contributed by atoms with Gasteiger partial charge in [-0.2, -0.15) is 0 Å². The summed E-state index contributed by atoms with van der Waals surface area (Å²) in [6, 6.07) is 37.8. The van der Waals surface area contributed by atoms with Gasteiger partial charge in [-0.05, 0) is 28.5 Å². The molecule has 5 aromatic carbocycles. The van der Waals surface area contributed by atoms with Crippen molar-refractivity contribution >= 4 is 41.3 Å². The number of allylic oxidation sites excluding steroid dienone is 4. The molecule has 1 unspecified atom stereocenters. The number of Topliss-reactive ketones (excluding diaryl/α,β-unsaturated/α-hetero) is 1. The van der Waals surface area contributed by atoms with Crippen LogP contribution in [-0.4, -0.2) is 11.4 Å². The lowest BCUT2D eigenvalue weighted by molar-refractivity contribution is -0.112. The Morgan fingerprint density at radius 2 is 1.11 bits per heavy atom. The molecular formula is C32H23O3P. The Kier molecular flexibility index (Phi) is 6.07. The van der Waals surface area contributed by atoms with Crippen LogP contribution in [-0.2, 0) is 4.79 Å². The fourth-order valence-corrected chi connectivity index (χ4v) is 6.03. The Hall–Kier alpha value is -4.20. The first-order chi connectivity index (χ1) is 17.8. The molecule has 0 bridgehead atoms. The number of hydrogen-bond donors (Lipinski definition) is 0. The van der Waals surface area contributed by atoms with Crippen molar-refractivity contribution in [1.82, 2.24) is 0 Å². The Morgan fingerprint density at radius 3 is 1.72 bits per heavy atom. The van der Waals surface area contributed by atoms with Crippen LogP contribution in [0.1, 0.15) is 5.56 Å². The minimum absolute atomic E-state index is 0.00437. The molecule has 0 radical (unpaired) electrons. The maximum atomic E-state index is 13.8. The zero-order valence-electron chi connectivity index (χ0n) is 19.5. The van der Waals surface area contributed by atoms with E-state index in [1.165, 1.54) is 0 Å². The lowest BCUT2D eigenvalue weighted by atomic mass is 9.96. The molecule has 6 rings (SSSR count). The van der Waals surface area contributed by atoms with Crippen LogP contribution in [0.15, 0.2) is 133 Å². The molecule has 1 atom stereocenters. The summed E-state index contributed by atoms with van der Waals surface area (Å²) >= 11 is 0. The lowest BCUT2D eigenvalue weighted by Gasteiger charge is -2.27. The van der Waals surface area contributed by atoms with E-state index in [1.807, 2.05) is 109 Å². The standard InChI is InChI=1S/C32H23O3P/c33-32-28(25-11-2-1-3-12-25)19-10-22-31(32)36(34-29-20-8-15-23-13-4-6-17-26(23)29)35-30-21-9-16-24-14-5-7-18-27(24)30/h1-22,31H. The van der Waals surface area contributed by atoms with E-state index < -0.39 is 14.0 Å². The normalized spacial score (nSPS) is 15.3. The summed E-state index contributed by atoms with van der Waals surface area (Å²) < 4.78 is 13.2. The van der Waals surface area contributed by atoms with Crippen molar-refractivity contribution < 1.29 is 13.8 Å². The van der Waals surface area contributed by atoms with E-state index in [4.69, 9.17) is 9.05 Å². The molecule has 3 nitrogen and oxygen atoms in total. The summed E-state index contributed by atoms with van der Waals surface area (Å²) in [7, 11) is -1.71. The van der Waals surface area contributed by atoms with Gasteiger partial charge in [0.15, 0.2) is 5.78 Å². The minimum Gasteiger partial charge on any atom is -0.437 e. The largest absolute Gasteiger partial charge is 0.437 e. The third kappa shape index (κ3) is 4.30. The molecule has 5 aromatic rings. The van der Waals surface area contributed by atoms with Crippen LogP contribution in [0.4, 0.5) is 0 Å². The second-order valence-corrected chi connectivity index (χ2v) is 10.1. The highest BCUT2D eigenvalue weighted by molar-refractivity contribution is 7.50. The highest BCUT2D eigenvalue weighted by Crippen LogP contribution is 2.50. The van der Waals surface area contributed by atoms with Crippen LogP contribution in [0, 0.1) is 0 Å². The molecule has 0 N–H and O–H groups in total. The summed E-state index contributed by atoms with van der Waals surface area (Å²) in [5.74, 6) is 1.41. The van der Waals surface area contributed by atoms with Gasteiger partial charge in [-0.15, -0.1) is 0 Å². The van der Waals surface area contributed by atoms with E-state index >= 15 is 0 Å². The second kappa shape index (κ2) is 9.81. The molecule has 4 heteroatoms. The molecule has 0 aliphatic heterocycles. The second-order valence-electron chi connectivity index (χ2n) is 8.56. The van der Waals surface area contributed by atoms with Crippen LogP contribution in [0.5, 0.6) is 11.5 Å². The van der Waals surface area contributed by atoms with Gasteiger partial charge in [-0.3, -0.25) is 4.79 Å². The van der Waals surface area contributed by atoms with E-state index in [0.717, 1.165) is 27.1 Å². The molecule has 1 aliphatic rings. The molecule has 0 heterocycles. The average molecular weight is 487 g/mol. The molecule has 0 aromatic heterocycles. The first-order valence-electron chi connectivity index (χ1n) is 11.9. The number of fused-ring (bicyclic) bond motifs is 2. The maximum Gasteiger partial charge on any atom is 0.306 e. The Morgan fingerprint density at radius 1 is 0.583 bits per heavy atom. The van der Waals surface area contributed by atoms with Crippen molar-refractivity contribution in [3.8, 4) is 11.5 Å². The van der Waals surface area contributed by atoms with E-state index in [9.17, 15) is 4.79 Å². The zero-order chi connectivity index (χ0) is 24.3. The summed E-state index contributed by atoms with van der Waals surface area (Å²) in [5, 5.41) is 4.12. The van der Waals surface area contributed by atoms with E-state index in [1.54, 1.807) is 0 Å². The first-order valence-corrected chi connectivity index (χ1v) is 13.1. The quantitative estimate of drug-likeness (QED) is 0.226. The van der Waals surface area contributed by atoms with Gasteiger partial charge in [-0.25, -0.2) is 0 Å². The maximum absolute atomic E-state index is 13.8. The van der Waals surface area contributed by atoms with Gasteiger partial charge in [-0.1, -0.05) is 121 Å². The van der Waals surface area contributed by atoms with Crippen LogP contribution in [0.25, 0.3) is 27.1 Å². The van der Waals surface area contributed by atoms with Crippen molar-refractivity contribution in [2.75, 3.05) is 0 Å². The molecule has 0 saturated carbocycles. The van der Waals surface area contributed by atoms with Crippen molar-refractivity contribution in [2.45, 2.75) is 5.66 Å². The van der Waals surface area contributed by atoms with E-state index in [2.05, 4.69) is 24.3 Å². The van der Waals surface area contributed by atoms with Crippen LogP contribution in [0.3, 0.4) is 0 Å². The van der Waals surface area contributed by atoms with Crippen molar-refractivity contribution in [3.05, 3.63) is 139 Å². The van der Waals surface area contributed by atoms with Gasteiger partial charge in [0, 0.05) is 16.3 Å². The Bertz CT molecular complexity index is 1530. The number of hydrogen-bond acceptors (Lipinski definition) is 3. The number of ketones is 1. The van der Waals surface area contributed by atoms with Crippen LogP contribution < -0.4 is 9.05 Å². The van der Waals surface area contributed by atoms with Gasteiger partial charge in [0.25, 0.3) is 0 Å². The highest BCUT2D eigenvalue weighted by atomic mass is 31.2. The topological polar surface area (TPSA) is 35.5 Å². The monoisotopic (exact) mass is 486 g/mol. The Labute approximate surface area is 211 Å². The summed E-state index contributed by atoms with van der Waals surface area (Å²) in [5.41, 5.74) is 0.999. The summed E-state index contributed by atoms with van der Waals surface area (Å²) in [6.45, 7) is 0. The third-order valence-corrected chi connectivity index (χ3v) is 7.89.